The number of ketones is 1. The van der Waals surface area contributed by atoms with Gasteiger partial charge in [0.25, 0.3) is 0 Å². The number of unbranched alkanes of at least 4 members (excludes halogenated alkanes) is 5. The summed E-state index contributed by atoms with van der Waals surface area (Å²) in [4.78, 5) is 16.5. The third kappa shape index (κ3) is 9.16. The van der Waals surface area contributed by atoms with Gasteiger partial charge in [-0.15, -0.1) is 0 Å². The van der Waals surface area contributed by atoms with Crippen LogP contribution in [-0.2, 0) is 16.4 Å². The number of rotatable bonds is 20. The lowest BCUT2D eigenvalue weighted by Gasteiger charge is -2.21. The molecule has 0 N–H and O–H groups in total. The summed E-state index contributed by atoms with van der Waals surface area (Å²) in [6, 6.07) is 11.9. The van der Waals surface area contributed by atoms with Crippen molar-refractivity contribution < 1.29 is 22.4 Å². The van der Waals surface area contributed by atoms with Gasteiger partial charge in [-0.1, -0.05) is 40.0 Å². The minimum Gasteiger partial charge on any atom is -0.494 e. The van der Waals surface area contributed by atoms with Crippen LogP contribution in [0, 0.1) is 0 Å². The highest BCUT2D eigenvalue weighted by Gasteiger charge is 2.25. The predicted octanol–water partition coefficient (Wildman–Crippen LogP) is 7.71. The van der Waals surface area contributed by atoms with Gasteiger partial charge in [0.15, 0.2) is 5.78 Å². The lowest BCUT2D eigenvalue weighted by atomic mass is 9.98. The molecule has 1 aromatic heterocycles. The van der Waals surface area contributed by atoms with Gasteiger partial charge >= 0.3 is 0 Å². The molecule has 0 saturated carbocycles. The van der Waals surface area contributed by atoms with Crippen molar-refractivity contribution in [2.24, 2.45) is 0 Å². The van der Waals surface area contributed by atoms with E-state index in [2.05, 4.69) is 25.7 Å². The first-order valence-corrected chi connectivity index (χ1v) is 17.1. The molecule has 2 aromatic carbocycles. The highest BCUT2D eigenvalue weighted by atomic mass is 32.2. The fourth-order valence-electron chi connectivity index (χ4n) is 5.01. The molecule has 0 radical (unpaired) electrons. The molecule has 3 aromatic rings. The van der Waals surface area contributed by atoms with Crippen molar-refractivity contribution in [3.05, 3.63) is 59.4 Å². The predicted molar refractivity (Wildman–Crippen MR) is 171 cm³/mol. The van der Waals surface area contributed by atoms with E-state index in [1.807, 2.05) is 12.1 Å². The van der Waals surface area contributed by atoms with Gasteiger partial charge in [-0.05, 0) is 101 Å². The first-order chi connectivity index (χ1) is 20.2. The number of furan rings is 1. The SMILES string of the molecule is CCCCc1oc2ccc(S(=O)(=O)N(C)C)cc2c1C(=O)c1ccc(OCCCCCN(CCCC)CCCC)cc1. The summed E-state index contributed by atoms with van der Waals surface area (Å²) >= 11 is 0. The molecule has 7 nitrogen and oxygen atoms in total. The molecule has 0 aliphatic rings. The van der Waals surface area contributed by atoms with Gasteiger partial charge in [0.1, 0.15) is 17.1 Å². The number of benzene rings is 2. The Labute approximate surface area is 253 Å². The molecular formula is C34H50N2O5S. The summed E-state index contributed by atoms with van der Waals surface area (Å²) in [6.07, 6.45) is 10.7. The van der Waals surface area contributed by atoms with Gasteiger partial charge in [-0.25, -0.2) is 12.7 Å². The van der Waals surface area contributed by atoms with E-state index in [0.717, 1.165) is 38.0 Å². The summed E-state index contributed by atoms with van der Waals surface area (Å²) in [7, 11) is -0.667. The van der Waals surface area contributed by atoms with E-state index in [1.54, 1.807) is 24.3 Å². The van der Waals surface area contributed by atoms with Gasteiger partial charge in [-0.2, -0.15) is 0 Å². The topological polar surface area (TPSA) is 80.1 Å². The molecule has 42 heavy (non-hydrogen) atoms. The fourth-order valence-corrected chi connectivity index (χ4v) is 5.94. The minimum absolute atomic E-state index is 0.135. The smallest absolute Gasteiger partial charge is 0.242 e. The molecule has 1 heterocycles. The molecule has 0 fully saturated rings. The Bertz CT molecular complexity index is 1350. The summed E-state index contributed by atoms with van der Waals surface area (Å²) in [5.74, 6) is 1.16. The minimum atomic E-state index is -3.65. The van der Waals surface area contributed by atoms with E-state index >= 15 is 0 Å². The molecule has 0 atom stereocenters. The summed E-state index contributed by atoms with van der Waals surface area (Å²) in [6.45, 7) is 10.8. The van der Waals surface area contributed by atoms with Crippen molar-refractivity contribution in [1.82, 2.24) is 9.21 Å². The molecule has 0 bridgehead atoms. The Kier molecular flexibility index (Phi) is 13.5. The Balaban J connectivity index is 1.65. The zero-order valence-electron chi connectivity index (χ0n) is 26.3. The molecular weight excluding hydrogens is 548 g/mol. The maximum atomic E-state index is 13.8. The number of nitrogens with zero attached hydrogens (tertiary/aromatic N) is 2. The Morgan fingerprint density at radius 1 is 0.810 bits per heavy atom. The van der Waals surface area contributed by atoms with E-state index < -0.39 is 10.0 Å². The number of ether oxygens (including phenoxy) is 1. The van der Waals surface area contributed by atoms with E-state index in [-0.39, 0.29) is 10.7 Å². The third-order valence-corrected chi connectivity index (χ3v) is 9.47. The number of hydrogen-bond donors (Lipinski definition) is 0. The van der Waals surface area contributed by atoms with Crippen LogP contribution in [0.3, 0.4) is 0 Å². The van der Waals surface area contributed by atoms with Crippen LogP contribution in [0.15, 0.2) is 51.8 Å². The summed E-state index contributed by atoms with van der Waals surface area (Å²) < 4.78 is 38.8. The fraction of sp³-hybridized carbons (Fsp3) is 0.559. The highest BCUT2D eigenvalue weighted by molar-refractivity contribution is 7.89. The van der Waals surface area contributed by atoms with Crippen molar-refractivity contribution in [2.45, 2.75) is 89.9 Å². The average Bonchev–Trinajstić information content (AvgIpc) is 3.36. The quantitative estimate of drug-likeness (QED) is 0.0979. The Hall–Kier alpha value is -2.68. The molecule has 3 rings (SSSR count). The molecule has 0 saturated heterocycles. The van der Waals surface area contributed by atoms with Crippen LogP contribution in [0.5, 0.6) is 5.75 Å². The van der Waals surface area contributed by atoms with Crippen molar-refractivity contribution in [3.63, 3.8) is 0 Å². The lowest BCUT2D eigenvalue weighted by molar-refractivity contribution is 0.103. The molecule has 0 amide bonds. The van der Waals surface area contributed by atoms with Gasteiger partial charge in [0.2, 0.25) is 10.0 Å². The highest BCUT2D eigenvalue weighted by Crippen LogP contribution is 2.32. The van der Waals surface area contributed by atoms with E-state index in [1.165, 1.54) is 69.7 Å². The number of carbonyl (C=O) groups is 1. The van der Waals surface area contributed by atoms with Crippen LogP contribution in [-0.4, -0.2) is 63.7 Å². The number of aryl methyl sites for hydroxylation is 1. The lowest BCUT2D eigenvalue weighted by Crippen LogP contribution is -2.27. The molecule has 232 valence electrons. The standard InChI is InChI=1S/C34H50N2O5S/c1-6-9-15-32-33(30-26-29(20-21-31(30)41-32)42(38,39)35(4)5)34(37)27-16-18-28(19-17-27)40-25-14-12-13-24-36(22-10-7-2)23-11-8-3/h16-21,26H,6-15,22-25H2,1-5H3. The maximum absolute atomic E-state index is 13.8. The second-order valence-corrected chi connectivity index (χ2v) is 13.4. The van der Waals surface area contributed by atoms with Crippen molar-refractivity contribution >= 4 is 26.8 Å². The maximum Gasteiger partial charge on any atom is 0.242 e. The molecule has 0 spiro atoms. The second kappa shape index (κ2) is 16.8. The van der Waals surface area contributed by atoms with E-state index in [0.29, 0.717) is 40.9 Å². The summed E-state index contributed by atoms with van der Waals surface area (Å²) in [5.41, 5.74) is 1.47. The molecule has 8 heteroatoms. The van der Waals surface area contributed by atoms with Crippen molar-refractivity contribution in [1.29, 1.82) is 0 Å². The van der Waals surface area contributed by atoms with E-state index in [9.17, 15) is 13.2 Å². The van der Waals surface area contributed by atoms with E-state index in [4.69, 9.17) is 9.15 Å². The van der Waals surface area contributed by atoms with Gasteiger partial charge < -0.3 is 14.1 Å². The summed E-state index contributed by atoms with van der Waals surface area (Å²) in [5, 5.41) is 0.525. The number of hydrogen-bond acceptors (Lipinski definition) is 6. The van der Waals surface area contributed by atoms with Gasteiger partial charge in [0, 0.05) is 31.5 Å². The zero-order chi connectivity index (χ0) is 30.5. The van der Waals surface area contributed by atoms with Crippen LogP contribution in [0.2, 0.25) is 0 Å². The monoisotopic (exact) mass is 598 g/mol. The van der Waals surface area contributed by atoms with Gasteiger partial charge in [-0.3, -0.25) is 4.79 Å². The van der Waals surface area contributed by atoms with Crippen LogP contribution >= 0.6 is 0 Å². The molecule has 0 aliphatic heterocycles. The number of carbonyl (C=O) groups excluding carboxylic acids is 1. The normalized spacial score (nSPS) is 12.1. The first-order valence-electron chi connectivity index (χ1n) is 15.7. The van der Waals surface area contributed by atoms with Crippen LogP contribution in [0.25, 0.3) is 11.0 Å². The van der Waals surface area contributed by atoms with Gasteiger partial charge in [0.05, 0.1) is 17.1 Å². The zero-order valence-corrected chi connectivity index (χ0v) is 27.1. The van der Waals surface area contributed by atoms with Crippen molar-refractivity contribution in [2.75, 3.05) is 40.3 Å². The largest absolute Gasteiger partial charge is 0.494 e. The van der Waals surface area contributed by atoms with Crippen LogP contribution in [0.4, 0.5) is 0 Å². The average molecular weight is 599 g/mol. The number of sulfonamides is 1. The Morgan fingerprint density at radius 3 is 2.07 bits per heavy atom. The second-order valence-electron chi connectivity index (χ2n) is 11.3. The molecule has 0 aliphatic carbocycles. The van der Waals surface area contributed by atoms with Crippen LogP contribution < -0.4 is 4.74 Å². The third-order valence-electron chi connectivity index (χ3n) is 7.66. The number of fused-ring (bicyclic) bond motifs is 1. The first kappa shape index (κ1) is 33.8. The van der Waals surface area contributed by atoms with Crippen molar-refractivity contribution in [3.8, 4) is 5.75 Å². The van der Waals surface area contributed by atoms with Crippen LogP contribution in [0.1, 0.15) is 100 Å². The molecule has 0 unspecified atom stereocenters. The Morgan fingerprint density at radius 2 is 1.45 bits per heavy atom.